The van der Waals surface area contributed by atoms with Crippen molar-refractivity contribution < 1.29 is 14.6 Å². The molecule has 0 fully saturated rings. The number of benzene rings is 1. The number of carbonyl (C=O) groups is 1. The first-order valence-electron chi connectivity index (χ1n) is 12.2. The number of aliphatic hydroxyl groups excluding tert-OH is 1. The second-order valence-corrected chi connectivity index (χ2v) is 9.43. The first-order chi connectivity index (χ1) is 17.4. The molecule has 0 bridgehead atoms. The number of fused-ring (bicyclic) bond motifs is 1. The van der Waals surface area contributed by atoms with Gasteiger partial charge >= 0.3 is 0 Å². The van der Waals surface area contributed by atoms with E-state index in [0.29, 0.717) is 31.1 Å². The molecule has 1 aliphatic heterocycles. The molecule has 0 saturated heterocycles. The van der Waals surface area contributed by atoms with Crippen LogP contribution in [-0.4, -0.2) is 74.7 Å². The molecule has 3 atom stereocenters. The van der Waals surface area contributed by atoms with Crippen molar-refractivity contribution in [3.8, 4) is 5.88 Å². The molecule has 1 aromatic carbocycles. The minimum absolute atomic E-state index is 0.0185. The Morgan fingerprint density at radius 2 is 1.89 bits per heavy atom. The first kappa shape index (κ1) is 25.5. The SMILES string of the molecule is C[C@@H]1CN([C@H](C)CO)C(=O)c2cc(/C=C/c3ccccc3)cnc2O[C@H]1CN(C)Cc1cncnc1. The Bertz CT molecular complexity index is 1170. The predicted octanol–water partition coefficient (Wildman–Crippen LogP) is 3.39. The van der Waals surface area contributed by atoms with Gasteiger partial charge < -0.3 is 14.7 Å². The lowest BCUT2D eigenvalue weighted by Crippen LogP contribution is -2.49. The number of amides is 1. The molecule has 188 valence electrons. The summed E-state index contributed by atoms with van der Waals surface area (Å²) in [6.45, 7) is 5.58. The summed E-state index contributed by atoms with van der Waals surface area (Å²) in [6, 6.07) is 11.5. The monoisotopic (exact) mass is 487 g/mol. The maximum Gasteiger partial charge on any atom is 0.259 e. The van der Waals surface area contributed by atoms with Crippen LogP contribution in [0, 0.1) is 5.92 Å². The van der Waals surface area contributed by atoms with Crippen LogP contribution in [0.2, 0.25) is 0 Å². The molecule has 3 heterocycles. The molecule has 1 aliphatic rings. The fourth-order valence-corrected chi connectivity index (χ4v) is 4.28. The number of hydrogen-bond acceptors (Lipinski definition) is 7. The zero-order valence-corrected chi connectivity index (χ0v) is 21.0. The first-order valence-corrected chi connectivity index (χ1v) is 12.2. The molecule has 0 radical (unpaired) electrons. The molecule has 8 nitrogen and oxygen atoms in total. The molecule has 3 aromatic rings. The van der Waals surface area contributed by atoms with E-state index in [1.165, 1.54) is 6.33 Å². The van der Waals surface area contributed by atoms with Gasteiger partial charge in [-0.2, -0.15) is 0 Å². The summed E-state index contributed by atoms with van der Waals surface area (Å²) in [5.74, 6) is 0.152. The molecule has 8 heteroatoms. The van der Waals surface area contributed by atoms with Gasteiger partial charge in [0, 0.05) is 49.7 Å². The van der Waals surface area contributed by atoms with Crippen LogP contribution in [-0.2, 0) is 6.54 Å². The largest absolute Gasteiger partial charge is 0.472 e. The quantitative estimate of drug-likeness (QED) is 0.521. The summed E-state index contributed by atoms with van der Waals surface area (Å²) < 4.78 is 6.39. The van der Waals surface area contributed by atoms with Gasteiger partial charge in [0.25, 0.3) is 5.91 Å². The van der Waals surface area contributed by atoms with Crippen molar-refractivity contribution in [2.75, 3.05) is 26.7 Å². The van der Waals surface area contributed by atoms with Gasteiger partial charge in [0.05, 0.1) is 12.6 Å². The Morgan fingerprint density at radius 3 is 2.61 bits per heavy atom. The highest BCUT2D eigenvalue weighted by atomic mass is 16.5. The zero-order chi connectivity index (χ0) is 25.5. The fourth-order valence-electron chi connectivity index (χ4n) is 4.28. The van der Waals surface area contributed by atoms with Crippen molar-refractivity contribution in [2.45, 2.75) is 32.5 Å². The molecule has 0 spiro atoms. The number of ether oxygens (including phenoxy) is 1. The standard InChI is InChI=1S/C28H33N5O3/c1-20-15-33(21(2)18-34)28(35)25-11-23(10-9-22-7-5-4-6-8-22)14-31-27(25)36-26(20)17-32(3)16-24-12-29-19-30-13-24/h4-14,19-21,26,34H,15-18H2,1-3H3/b10-9+/t20-,21-,26+/m1/s1. The molecule has 0 saturated carbocycles. The average molecular weight is 488 g/mol. The van der Waals surface area contributed by atoms with Crippen LogP contribution in [0.15, 0.2) is 61.3 Å². The van der Waals surface area contributed by atoms with Crippen LogP contribution >= 0.6 is 0 Å². The third kappa shape index (κ3) is 6.33. The maximum atomic E-state index is 13.6. The highest BCUT2D eigenvalue weighted by Crippen LogP contribution is 2.28. The topological polar surface area (TPSA) is 91.7 Å². The van der Waals surface area contributed by atoms with E-state index in [1.807, 2.05) is 62.5 Å². The molecular formula is C28H33N5O3. The van der Waals surface area contributed by atoms with Gasteiger partial charge in [-0.1, -0.05) is 49.4 Å². The molecule has 1 N–H and O–H groups in total. The van der Waals surface area contributed by atoms with E-state index in [9.17, 15) is 9.90 Å². The van der Waals surface area contributed by atoms with Gasteiger partial charge in [-0.05, 0) is 31.2 Å². The Balaban J connectivity index is 1.61. The van der Waals surface area contributed by atoms with Crippen LogP contribution in [0.4, 0.5) is 0 Å². The number of likely N-dealkylation sites (N-methyl/N-ethyl adjacent to an activating group) is 1. The van der Waals surface area contributed by atoms with E-state index in [-0.39, 0.29) is 30.6 Å². The Kier molecular flexibility index (Phi) is 8.40. The lowest BCUT2D eigenvalue weighted by molar-refractivity contribution is 0.0325. The van der Waals surface area contributed by atoms with Crippen molar-refractivity contribution >= 4 is 18.1 Å². The van der Waals surface area contributed by atoms with Crippen LogP contribution in [0.1, 0.15) is 40.9 Å². The zero-order valence-electron chi connectivity index (χ0n) is 21.0. The summed E-state index contributed by atoms with van der Waals surface area (Å²) in [6.07, 6.45) is 10.6. The Labute approximate surface area is 212 Å². The van der Waals surface area contributed by atoms with Crippen LogP contribution in [0.3, 0.4) is 0 Å². The van der Waals surface area contributed by atoms with Crippen molar-refractivity contribution in [2.24, 2.45) is 5.92 Å². The van der Waals surface area contributed by atoms with Crippen molar-refractivity contribution in [1.29, 1.82) is 0 Å². The lowest BCUT2D eigenvalue weighted by atomic mass is 9.99. The number of aliphatic hydroxyl groups is 1. The van der Waals surface area contributed by atoms with Gasteiger partial charge in [0.15, 0.2) is 0 Å². The third-order valence-electron chi connectivity index (χ3n) is 6.37. The van der Waals surface area contributed by atoms with Gasteiger partial charge in [-0.15, -0.1) is 0 Å². The molecule has 36 heavy (non-hydrogen) atoms. The van der Waals surface area contributed by atoms with Crippen LogP contribution < -0.4 is 4.74 Å². The summed E-state index contributed by atoms with van der Waals surface area (Å²) in [4.78, 5) is 30.2. The highest BCUT2D eigenvalue weighted by molar-refractivity contribution is 5.97. The number of pyridine rings is 1. The number of nitrogens with zero attached hydrogens (tertiary/aromatic N) is 5. The number of carbonyl (C=O) groups excluding carboxylic acids is 1. The molecule has 2 aromatic heterocycles. The number of rotatable bonds is 8. The second-order valence-electron chi connectivity index (χ2n) is 9.43. The van der Waals surface area contributed by atoms with Gasteiger partial charge in [0.2, 0.25) is 5.88 Å². The molecule has 4 rings (SSSR count). The normalized spacial score (nSPS) is 19.0. The number of hydrogen-bond donors (Lipinski definition) is 1. The van der Waals surface area contributed by atoms with Crippen LogP contribution in [0.25, 0.3) is 12.2 Å². The molecule has 0 aliphatic carbocycles. The van der Waals surface area contributed by atoms with Gasteiger partial charge in [-0.25, -0.2) is 15.0 Å². The van der Waals surface area contributed by atoms with E-state index in [4.69, 9.17) is 4.74 Å². The van der Waals surface area contributed by atoms with E-state index >= 15 is 0 Å². The van der Waals surface area contributed by atoms with Crippen molar-refractivity contribution in [3.05, 3.63) is 83.6 Å². The van der Waals surface area contributed by atoms with E-state index in [0.717, 1.165) is 16.7 Å². The molecule has 1 amide bonds. The third-order valence-corrected chi connectivity index (χ3v) is 6.37. The minimum atomic E-state index is -0.325. The Morgan fingerprint density at radius 1 is 1.17 bits per heavy atom. The van der Waals surface area contributed by atoms with Crippen LogP contribution in [0.5, 0.6) is 5.88 Å². The molecule has 0 unspecified atom stereocenters. The summed E-state index contributed by atoms with van der Waals surface area (Å²) in [5.41, 5.74) is 3.28. The smallest absolute Gasteiger partial charge is 0.259 e. The lowest BCUT2D eigenvalue weighted by Gasteiger charge is -2.37. The average Bonchev–Trinajstić information content (AvgIpc) is 2.90. The van der Waals surface area contributed by atoms with Crippen molar-refractivity contribution in [1.82, 2.24) is 24.8 Å². The second kappa shape index (κ2) is 11.9. The fraction of sp³-hybridized carbons (Fsp3) is 0.357. The minimum Gasteiger partial charge on any atom is -0.472 e. The van der Waals surface area contributed by atoms with E-state index < -0.39 is 0 Å². The van der Waals surface area contributed by atoms with Gasteiger partial charge in [-0.3, -0.25) is 9.69 Å². The molecular weight excluding hydrogens is 454 g/mol. The maximum absolute atomic E-state index is 13.6. The number of aromatic nitrogens is 3. The van der Waals surface area contributed by atoms with E-state index in [1.54, 1.807) is 23.5 Å². The predicted molar refractivity (Wildman–Crippen MR) is 139 cm³/mol. The summed E-state index contributed by atoms with van der Waals surface area (Å²) in [5, 5.41) is 9.87. The van der Waals surface area contributed by atoms with Gasteiger partial charge in [0.1, 0.15) is 18.0 Å². The van der Waals surface area contributed by atoms with E-state index in [2.05, 4.69) is 26.8 Å². The summed E-state index contributed by atoms with van der Waals surface area (Å²) >= 11 is 0. The Hall–Kier alpha value is -3.62. The summed E-state index contributed by atoms with van der Waals surface area (Å²) in [7, 11) is 2.02. The highest BCUT2D eigenvalue weighted by Gasteiger charge is 2.34. The van der Waals surface area contributed by atoms with Crippen molar-refractivity contribution in [3.63, 3.8) is 0 Å².